The molecule has 0 fully saturated rings. The van der Waals surface area contributed by atoms with E-state index in [-0.39, 0.29) is 6.79 Å². The van der Waals surface area contributed by atoms with Crippen molar-refractivity contribution in [1.82, 2.24) is 0 Å². The van der Waals surface area contributed by atoms with Crippen molar-refractivity contribution in [2.75, 3.05) is 6.79 Å². The van der Waals surface area contributed by atoms with Gasteiger partial charge in [0.15, 0.2) is 0 Å². The lowest BCUT2D eigenvalue weighted by Crippen LogP contribution is -2.05. The van der Waals surface area contributed by atoms with Crippen molar-refractivity contribution in [2.24, 2.45) is 0 Å². The first-order chi connectivity index (χ1) is 14.4. The molecule has 4 aromatic carbocycles. The third kappa shape index (κ3) is 5.28. The standard InChI is InChI=1S/C27H20O2/c1-3-7-24(8-4-1)25-17-13-22(14-18-25)11-12-23-15-19-27(20-16-23)29-21-28-26-9-5-2-6-10-26/h1-10,13-20H,21H2. The summed E-state index contributed by atoms with van der Waals surface area (Å²) < 4.78 is 11.1. The van der Waals surface area contributed by atoms with Crippen molar-refractivity contribution < 1.29 is 9.47 Å². The molecule has 0 aromatic heterocycles. The first kappa shape index (κ1) is 18.4. The lowest BCUT2D eigenvalue weighted by molar-refractivity contribution is 0.120. The molecule has 0 amide bonds. The first-order valence-electron chi connectivity index (χ1n) is 9.45. The maximum absolute atomic E-state index is 5.61. The van der Waals surface area contributed by atoms with Crippen molar-refractivity contribution in [3.8, 4) is 34.5 Å². The molecule has 0 aliphatic heterocycles. The van der Waals surface area contributed by atoms with Crippen LogP contribution in [-0.2, 0) is 0 Å². The second-order valence-corrected chi connectivity index (χ2v) is 6.44. The number of hydrogen-bond donors (Lipinski definition) is 0. The van der Waals surface area contributed by atoms with E-state index in [1.807, 2.05) is 84.9 Å². The highest BCUT2D eigenvalue weighted by atomic mass is 16.7. The SMILES string of the molecule is C(#Cc1ccc(-c2ccccc2)cc1)c1ccc(OCOc2ccccc2)cc1. The summed E-state index contributed by atoms with van der Waals surface area (Å²) in [6.45, 7) is 0.169. The highest BCUT2D eigenvalue weighted by molar-refractivity contribution is 5.64. The third-order valence-electron chi connectivity index (χ3n) is 4.39. The van der Waals surface area contributed by atoms with E-state index in [1.54, 1.807) is 0 Å². The van der Waals surface area contributed by atoms with Crippen molar-refractivity contribution in [3.63, 3.8) is 0 Å². The molecule has 2 nitrogen and oxygen atoms in total. The molecular weight excluding hydrogens is 356 g/mol. The van der Waals surface area contributed by atoms with Gasteiger partial charge in [-0.05, 0) is 59.7 Å². The van der Waals surface area contributed by atoms with Crippen LogP contribution in [0.25, 0.3) is 11.1 Å². The Hall–Kier alpha value is -3.96. The summed E-state index contributed by atoms with van der Waals surface area (Å²) in [5.74, 6) is 7.93. The molecule has 0 atom stereocenters. The summed E-state index contributed by atoms with van der Waals surface area (Å²) in [6, 6.07) is 35.9. The smallest absolute Gasteiger partial charge is 0.230 e. The fourth-order valence-corrected chi connectivity index (χ4v) is 2.84. The van der Waals surface area contributed by atoms with Crippen LogP contribution in [0, 0.1) is 11.8 Å². The summed E-state index contributed by atoms with van der Waals surface area (Å²) in [5.41, 5.74) is 4.32. The lowest BCUT2D eigenvalue weighted by Gasteiger charge is -2.08. The van der Waals surface area contributed by atoms with Crippen LogP contribution in [-0.4, -0.2) is 6.79 Å². The van der Waals surface area contributed by atoms with Gasteiger partial charge >= 0.3 is 0 Å². The molecule has 0 aliphatic carbocycles. The molecule has 140 valence electrons. The van der Waals surface area contributed by atoms with Crippen molar-refractivity contribution in [2.45, 2.75) is 0 Å². The Labute approximate surface area is 171 Å². The second-order valence-electron chi connectivity index (χ2n) is 6.44. The number of para-hydroxylation sites is 1. The van der Waals surface area contributed by atoms with Gasteiger partial charge in [0, 0.05) is 11.1 Å². The molecule has 0 aliphatic rings. The number of hydrogen-bond acceptors (Lipinski definition) is 2. The second kappa shape index (κ2) is 9.30. The van der Waals surface area contributed by atoms with Gasteiger partial charge in [0.25, 0.3) is 0 Å². The monoisotopic (exact) mass is 376 g/mol. The Bertz CT molecular complexity index is 1090. The number of benzene rings is 4. The van der Waals surface area contributed by atoms with Crippen LogP contribution in [0.4, 0.5) is 0 Å². The van der Waals surface area contributed by atoms with Gasteiger partial charge < -0.3 is 9.47 Å². The molecule has 0 N–H and O–H groups in total. The van der Waals surface area contributed by atoms with Crippen LogP contribution in [0.3, 0.4) is 0 Å². The average Bonchev–Trinajstić information content (AvgIpc) is 2.80. The number of rotatable bonds is 5. The van der Waals surface area contributed by atoms with E-state index < -0.39 is 0 Å². The maximum Gasteiger partial charge on any atom is 0.230 e. The van der Waals surface area contributed by atoms with E-state index in [4.69, 9.17) is 9.47 Å². The maximum atomic E-state index is 5.61. The molecule has 0 radical (unpaired) electrons. The van der Waals surface area contributed by atoms with E-state index in [0.717, 1.165) is 22.6 Å². The lowest BCUT2D eigenvalue weighted by atomic mass is 10.0. The zero-order chi connectivity index (χ0) is 19.7. The fourth-order valence-electron chi connectivity index (χ4n) is 2.84. The van der Waals surface area contributed by atoms with E-state index in [9.17, 15) is 0 Å². The van der Waals surface area contributed by atoms with E-state index in [2.05, 4.69) is 36.1 Å². The molecule has 2 heteroatoms. The van der Waals surface area contributed by atoms with Gasteiger partial charge in [0.2, 0.25) is 6.79 Å². The van der Waals surface area contributed by atoms with Crippen LogP contribution in [0.2, 0.25) is 0 Å². The molecular formula is C27H20O2. The molecule has 0 saturated carbocycles. The van der Waals surface area contributed by atoms with Crippen LogP contribution in [0.5, 0.6) is 11.5 Å². The third-order valence-corrected chi connectivity index (χ3v) is 4.39. The summed E-state index contributed by atoms with van der Waals surface area (Å²) >= 11 is 0. The Morgan fingerprint density at radius 1 is 0.448 bits per heavy atom. The topological polar surface area (TPSA) is 18.5 Å². The summed E-state index contributed by atoms with van der Waals surface area (Å²) in [5, 5.41) is 0. The van der Waals surface area contributed by atoms with Gasteiger partial charge in [-0.2, -0.15) is 0 Å². The van der Waals surface area contributed by atoms with Crippen molar-refractivity contribution in [3.05, 3.63) is 120 Å². The normalized spacial score (nSPS) is 9.93. The largest absolute Gasteiger partial charge is 0.458 e. The van der Waals surface area contributed by atoms with Gasteiger partial charge in [0.05, 0.1) is 0 Å². The minimum atomic E-state index is 0.169. The molecule has 0 spiro atoms. The summed E-state index contributed by atoms with van der Waals surface area (Å²) in [7, 11) is 0. The van der Waals surface area contributed by atoms with Crippen molar-refractivity contribution >= 4 is 0 Å². The van der Waals surface area contributed by atoms with Gasteiger partial charge in [0.1, 0.15) is 11.5 Å². The van der Waals surface area contributed by atoms with Gasteiger partial charge in [-0.3, -0.25) is 0 Å². The molecule has 0 unspecified atom stereocenters. The minimum Gasteiger partial charge on any atom is -0.458 e. The summed E-state index contributed by atoms with van der Waals surface area (Å²) in [4.78, 5) is 0. The quantitative estimate of drug-likeness (QED) is 0.306. The molecule has 0 bridgehead atoms. The molecule has 29 heavy (non-hydrogen) atoms. The van der Waals surface area contributed by atoms with Crippen LogP contribution >= 0.6 is 0 Å². The number of ether oxygens (including phenoxy) is 2. The van der Waals surface area contributed by atoms with E-state index in [0.29, 0.717) is 0 Å². The predicted octanol–water partition coefficient (Wildman–Crippen LogP) is 6.17. The Balaban J connectivity index is 1.34. The zero-order valence-corrected chi connectivity index (χ0v) is 15.9. The Morgan fingerprint density at radius 2 is 0.897 bits per heavy atom. The Morgan fingerprint density at radius 3 is 1.48 bits per heavy atom. The van der Waals surface area contributed by atoms with Crippen LogP contribution in [0.1, 0.15) is 11.1 Å². The predicted molar refractivity (Wildman–Crippen MR) is 117 cm³/mol. The summed E-state index contributed by atoms with van der Waals surface area (Å²) in [6.07, 6.45) is 0. The highest BCUT2D eigenvalue weighted by Crippen LogP contribution is 2.19. The van der Waals surface area contributed by atoms with E-state index >= 15 is 0 Å². The zero-order valence-electron chi connectivity index (χ0n) is 15.9. The van der Waals surface area contributed by atoms with Gasteiger partial charge in [-0.15, -0.1) is 0 Å². The van der Waals surface area contributed by atoms with Crippen LogP contribution < -0.4 is 9.47 Å². The average molecular weight is 376 g/mol. The van der Waals surface area contributed by atoms with E-state index in [1.165, 1.54) is 11.1 Å². The fraction of sp³-hybridized carbons (Fsp3) is 0.0370. The Kier molecular flexibility index (Phi) is 5.90. The highest BCUT2D eigenvalue weighted by Gasteiger charge is 1.97. The minimum absolute atomic E-state index is 0.169. The molecule has 4 aromatic rings. The molecule has 0 saturated heterocycles. The van der Waals surface area contributed by atoms with Crippen LogP contribution in [0.15, 0.2) is 109 Å². The van der Waals surface area contributed by atoms with Gasteiger partial charge in [-0.25, -0.2) is 0 Å². The van der Waals surface area contributed by atoms with Gasteiger partial charge in [-0.1, -0.05) is 72.5 Å². The first-order valence-corrected chi connectivity index (χ1v) is 9.45. The molecule has 4 rings (SSSR count). The molecule has 0 heterocycles. The van der Waals surface area contributed by atoms with Crippen molar-refractivity contribution in [1.29, 1.82) is 0 Å².